The molecule has 0 bridgehead atoms. The number of likely N-dealkylation sites (tertiary alicyclic amines) is 1. The van der Waals surface area contributed by atoms with Gasteiger partial charge in [-0.1, -0.05) is 112 Å². The maximum absolute atomic E-state index is 14.9. The summed E-state index contributed by atoms with van der Waals surface area (Å²) in [7, 11) is 0. The van der Waals surface area contributed by atoms with E-state index in [-0.39, 0.29) is 62.4 Å². The minimum Gasteiger partial charge on any atom is -0.372 e. The zero-order valence-electron chi connectivity index (χ0n) is 34.7. The van der Waals surface area contributed by atoms with Gasteiger partial charge in [0.05, 0.1) is 29.2 Å². The number of unbranched alkanes of at least 4 members (excludes halogenated alkanes) is 1. The second-order valence-corrected chi connectivity index (χ2v) is 16.2. The normalized spacial score (nSPS) is 18.1. The zero-order chi connectivity index (χ0) is 43.9. The first-order chi connectivity index (χ1) is 29.4. The van der Waals surface area contributed by atoms with Crippen LogP contribution in [0.5, 0.6) is 0 Å². The first-order valence-electron chi connectivity index (χ1n) is 21.3. The molecule has 5 atom stereocenters. The molecule has 5 rings (SSSR count). The van der Waals surface area contributed by atoms with Crippen LogP contribution >= 0.6 is 0 Å². The number of ketones is 4. The van der Waals surface area contributed by atoms with Crippen LogP contribution in [0.4, 0.5) is 5.69 Å². The first-order valence-corrected chi connectivity index (χ1v) is 21.3. The Kier molecular flexibility index (Phi) is 17.1. The van der Waals surface area contributed by atoms with Crippen molar-refractivity contribution in [2.45, 2.75) is 115 Å². The number of hydrogen-bond donors (Lipinski definition) is 2. The number of ether oxygens (including phenoxy) is 1. The average Bonchev–Trinajstić information content (AvgIpc) is 3.72. The van der Waals surface area contributed by atoms with E-state index in [1.165, 1.54) is 23.1 Å². The molecule has 14 heteroatoms. The van der Waals surface area contributed by atoms with E-state index in [9.17, 15) is 43.7 Å². The van der Waals surface area contributed by atoms with Crippen LogP contribution < -0.4 is 11.1 Å². The molecular weight excluding hydrogens is 781 g/mol. The molecule has 3 aromatic carbocycles. The van der Waals surface area contributed by atoms with Gasteiger partial charge >= 0.3 is 0 Å². The number of carbonyl (C=O) groups is 7. The molecule has 324 valence electrons. The van der Waals surface area contributed by atoms with E-state index in [0.29, 0.717) is 31.2 Å². The van der Waals surface area contributed by atoms with Crippen LogP contribution in [0.15, 0.2) is 84.9 Å². The predicted molar refractivity (Wildman–Crippen MR) is 226 cm³/mol. The molecule has 0 spiro atoms. The molecule has 1 saturated heterocycles. The van der Waals surface area contributed by atoms with Crippen molar-refractivity contribution in [2.75, 3.05) is 6.54 Å². The molecule has 14 nitrogen and oxygen atoms in total. The molecule has 3 amide bonds. The largest absolute Gasteiger partial charge is 0.372 e. The van der Waals surface area contributed by atoms with Crippen molar-refractivity contribution in [1.82, 2.24) is 10.2 Å². The van der Waals surface area contributed by atoms with Crippen LogP contribution in [0.25, 0.3) is 0 Å². The van der Waals surface area contributed by atoms with E-state index < -0.39 is 82.2 Å². The third-order valence-corrected chi connectivity index (χ3v) is 11.9. The number of Topliss-reactive ketones (excluding diaryl/α,β-unsaturated/α-hetero) is 4. The fraction of sp³-hybridized carbons (Fsp3) is 0.468. The van der Waals surface area contributed by atoms with Gasteiger partial charge in [0, 0.05) is 56.6 Å². The van der Waals surface area contributed by atoms with E-state index in [0.717, 1.165) is 24.8 Å². The number of para-hydroxylation sites is 1. The van der Waals surface area contributed by atoms with E-state index in [2.05, 4.69) is 5.32 Å². The second-order valence-electron chi connectivity index (χ2n) is 16.2. The molecule has 1 saturated carbocycles. The van der Waals surface area contributed by atoms with Gasteiger partial charge in [0.25, 0.3) is 5.69 Å². The highest BCUT2D eigenvalue weighted by atomic mass is 16.6. The Morgan fingerprint density at radius 1 is 0.869 bits per heavy atom. The molecular formula is C47H56N4O10. The molecule has 1 aliphatic heterocycles. The molecule has 2 fully saturated rings. The molecule has 3 unspecified atom stereocenters. The fourth-order valence-electron chi connectivity index (χ4n) is 8.57. The van der Waals surface area contributed by atoms with Gasteiger partial charge in [0.15, 0.2) is 17.3 Å². The molecule has 3 N–H and O–H groups in total. The lowest BCUT2D eigenvalue weighted by Crippen LogP contribution is -2.47. The van der Waals surface area contributed by atoms with Crippen LogP contribution in [-0.4, -0.2) is 69.4 Å². The highest BCUT2D eigenvalue weighted by Crippen LogP contribution is 2.37. The summed E-state index contributed by atoms with van der Waals surface area (Å²) >= 11 is 0. The van der Waals surface area contributed by atoms with Gasteiger partial charge in [-0.25, -0.2) is 0 Å². The van der Waals surface area contributed by atoms with E-state index in [4.69, 9.17) is 10.5 Å². The number of carbonyl (C=O) groups excluding carboxylic acids is 7. The summed E-state index contributed by atoms with van der Waals surface area (Å²) in [5.74, 6) is -6.44. The third-order valence-electron chi connectivity index (χ3n) is 11.9. The number of primary amides is 1. The van der Waals surface area contributed by atoms with Gasteiger partial charge in [-0.2, -0.15) is 0 Å². The van der Waals surface area contributed by atoms with E-state index >= 15 is 0 Å². The summed E-state index contributed by atoms with van der Waals surface area (Å²) in [5, 5.41) is 14.4. The predicted octanol–water partition coefficient (Wildman–Crippen LogP) is 6.58. The van der Waals surface area contributed by atoms with Crippen molar-refractivity contribution in [3.63, 3.8) is 0 Å². The molecule has 0 radical (unpaired) electrons. The highest BCUT2D eigenvalue weighted by molar-refractivity contribution is 6.38. The van der Waals surface area contributed by atoms with Crippen LogP contribution in [0.1, 0.15) is 118 Å². The number of amides is 3. The van der Waals surface area contributed by atoms with Crippen LogP contribution in [0.2, 0.25) is 0 Å². The van der Waals surface area contributed by atoms with Gasteiger partial charge < -0.3 is 20.7 Å². The van der Waals surface area contributed by atoms with Crippen LogP contribution in [0.3, 0.4) is 0 Å². The number of nitrogens with two attached hydrogens (primary N) is 1. The average molecular weight is 837 g/mol. The van der Waals surface area contributed by atoms with Gasteiger partial charge in [0.1, 0.15) is 6.04 Å². The second kappa shape index (κ2) is 22.6. The number of nitrogens with one attached hydrogen (secondary N) is 1. The molecule has 61 heavy (non-hydrogen) atoms. The maximum Gasteiger partial charge on any atom is 0.280 e. The van der Waals surface area contributed by atoms with Crippen molar-refractivity contribution in [1.29, 1.82) is 0 Å². The number of nitrogens with zero attached hydrogens (tertiary/aromatic N) is 2. The van der Waals surface area contributed by atoms with Gasteiger partial charge in [-0.15, -0.1) is 0 Å². The quantitative estimate of drug-likeness (QED) is 0.0453. The summed E-state index contributed by atoms with van der Waals surface area (Å²) in [5.41, 5.74) is 6.46. The standard InChI is InChI=1S/C47H56N4O10/c1-2-3-17-34(45(56)40(52)24-25-43(55)49-44(46(48)57)33-20-11-6-12-21-33)26-42(54)39-27-35(61-30-31-15-7-4-8-16-31)29-50(39)47(58)37(32-18-9-5-10-19-32)28-41(53)36-22-13-14-23-38(36)51(59)60/h4,6-8,11-16,20-23,32,34-35,37,39,44H,2-3,5,9-10,17-19,24-30H2,1H3,(H2,48,57)(H,49,55)/t34?,35-,37?,39+,44?/m1/s1. The smallest absolute Gasteiger partial charge is 0.280 e. The fourth-order valence-corrected chi connectivity index (χ4v) is 8.57. The minimum atomic E-state index is -1.13. The Hall–Kier alpha value is -5.89. The Labute approximate surface area is 356 Å². The molecule has 2 aliphatic rings. The van der Waals surface area contributed by atoms with Gasteiger partial charge in [0.2, 0.25) is 23.5 Å². The van der Waals surface area contributed by atoms with Gasteiger partial charge in [-0.05, 0) is 42.4 Å². The van der Waals surface area contributed by atoms with Crippen LogP contribution in [0, 0.1) is 27.9 Å². The first kappa shape index (κ1) is 46.2. The Morgan fingerprint density at radius 3 is 2.18 bits per heavy atom. The van der Waals surface area contributed by atoms with Gasteiger partial charge in [-0.3, -0.25) is 43.7 Å². The van der Waals surface area contributed by atoms with Crippen molar-refractivity contribution >= 4 is 46.5 Å². The number of nitro groups is 1. The summed E-state index contributed by atoms with van der Waals surface area (Å²) in [6.07, 6.45) is 3.69. The van der Waals surface area contributed by atoms with E-state index in [1.807, 2.05) is 37.3 Å². The van der Waals surface area contributed by atoms with Crippen LogP contribution in [-0.2, 0) is 40.1 Å². The van der Waals surface area contributed by atoms with Crippen molar-refractivity contribution < 1.29 is 43.2 Å². The lowest BCUT2D eigenvalue weighted by atomic mass is 9.76. The maximum atomic E-state index is 14.9. The molecule has 3 aromatic rings. The topological polar surface area (TPSA) is 213 Å². The SMILES string of the molecule is CCCCC(CC(=O)[C@@H]1C[C@@H](OCc2ccccc2)CN1C(=O)C(CC(=O)c1ccccc1[N+](=O)[O-])C1CCCCC1)C(=O)C(=O)CCC(=O)NC(C(N)=O)c1ccccc1. The van der Waals surface area contributed by atoms with Crippen molar-refractivity contribution in [2.24, 2.45) is 23.5 Å². The number of nitro benzene ring substituents is 1. The summed E-state index contributed by atoms with van der Waals surface area (Å²) in [6, 6.07) is 21.4. The molecule has 0 aromatic heterocycles. The zero-order valence-corrected chi connectivity index (χ0v) is 34.7. The number of rotatable bonds is 23. The lowest BCUT2D eigenvalue weighted by molar-refractivity contribution is -0.385. The Bertz CT molecular complexity index is 2030. The molecule has 1 aliphatic carbocycles. The Morgan fingerprint density at radius 2 is 1.52 bits per heavy atom. The Balaban J connectivity index is 1.34. The summed E-state index contributed by atoms with van der Waals surface area (Å²) in [4.78, 5) is 108. The lowest BCUT2D eigenvalue weighted by Gasteiger charge is -2.34. The molecule has 1 heterocycles. The highest BCUT2D eigenvalue weighted by Gasteiger charge is 2.45. The van der Waals surface area contributed by atoms with Crippen molar-refractivity contribution in [3.8, 4) is 0 Å². The summed E-state index contributed by atoms with van der Waals surface area (Å²) in [6.45, 7) is 2.20. The monoisotopic (exact) mass is 836 g/mol. The minimum absolute atomic E-state index is 0.0574. The number of benzene rings is 3. The third kappa shape index (κ3) is 12.8. The van der Waals surface area contributed by atoms with Crippen molar-refractivity contribution in [3.05, 3.63) is 112 Å². The number of hydrogen-bond acceptors (Lipinski definition) is 10. The summed E-state index contributed by atoms with van der Waals surface area (Å²) < 4.78 is 6.27. The van der Waals surface area contributed by atoms with E-state index in [1.54, 1.807) is 36.4 Å².